The number of hydrogen-bond acceptors (Lipinski definition) is 2. The molecule has 0 radical (unpaired) electrons. The maximum Gasteiger partial charge on any atom is 0.311 e. The number of hydrogen-bond donors (Lipinski definition) is 2. The molecule has 0 bridgehead atoms. The molecule has 1 rings (SSSR count). The van der Waals surface area contributed by atoms with E-state index in [1.165, 1.54) is 12.1 Å². The lowest BCUT2D eigenvalue weighted by molar-refractivity contribution is -0.145. The molecule has 1 aromatic carbocycles. The Morgan fingerprint density at radius 3 is 2.44 bits per heavy atom. The molecular weight excluding hydrogens is 215 g/mol. The van der Waals surface area contributed by atoms with E-state index in [9.17, 15) is 14.0 Å². The molecule has 0 aromatic heterocycles. The lowest BCUT2D eigenvalue weighted by atomic mass is 9.92. The second-order valence-electron chi connectivity index (χ2n) is 3.49. The molecule has 0 heterocycles. The van der Waals surface area contributed by atoms with Crippen LogP contribution in [0.15, 0.2) is 18.2 Å². The normalized spacial score (nSPS) is 12.1. The van der Waals surface area contributed by atoms with Gasteiger partial charge in [0.25, 0.3) is 0 Å². The molecule has 4 nitrogen and oxygen atoms in total. The SMILES string of the molecule is Cc1cc(F)ccc1C(CC(=O)O)C(=O)O. The van der Waals surface area contributed by atoms with Gasteiger partial charge in [0.2, 0.25) is 0 Å². The molecule has 0 aliphatic carbocycles. The van der Waals surface area contributed by atoms with E-state index in [0.717, 1.165) is 6.07 Å². The first-order chi connectivity index (χ1) is 7.41. The summed E-state index contributed by atoms with van der Waals surface area (Å²) in [4.78, 5) is 21.4. The molecule has 0 amide bonds. The van der Waals surface area contributed by atoms with E-state index in [2.05, 4.69) is 0 Å². The van der Waals surface area contributed by atoms with Crippen molar-refractivity contribution in [3.8, 4) is 0 Å². The van der Waals surface area contributed by atoms with Gasteiger partial charge in [0, 0.05) is 0 Å². The molecule has 16 heavy (non-hydrogen) atoms. The Bertz CT molecular complexity index is 428. The highest BCUT2D eigenvalue weighted by atomic mass is 19.1. The minimum atomic E-state index is -1.22. The van der Waals surface area contributed by atoms with Crippen LogP contribution in [0.1, 0.15) is 23.5 Å². The van der Waals surface area contributed by atoms with Crippen molar-refractivity contribution < 1.29 is 24.2 Å². The maximum atomic E-state index is 12.8. The summed E-state index contributed by atoms with van der Waals surface area (Å²) in [6.45, 7) is 1.55. The van der Waals surface area contributed by atoms with Gasteiger partial charge in [-0.1, -0.05) is 6.07 Å². The van der Waals surface area contributed by atoms with Gasteiger partial charge < -0.3 is 10.2 Å². The Labute approximate surface area is 91.3 Å². The molecule has 0 aliphatic rings. The minimum absolute atomic E-state index is 0.330. The zero-order chi connectivity index (χ0) is 12.3. The van der Waals surface area contributed by atoms with Gasteiger partial charge in [-0.05, 0) is 30.2 Å². The van der Waals surface area contributed by atoms with Crippen LogP contribution in [0, 0.1) is 12.7 Å². The lowest BCUT2D eigenvalue weighted by Gasteiger charge is -2.13. The standard InChI is InChI=1S/C11H11FO4/c1-6-4-7(12)2-3-8(6)9(11(15)16)5-10(13)14/h2-4,9H,5H2,1H3,(H,13,14)(H,15,16). The Balaban J connectivity index is 3.10. The van der Waals surface area contributed by atoms with Gasteiger partial charge in [0.15, 0.2) is 0 Å². The molecule has 5 heteroatoms. The van der Waals surface area contributed by atoms with Crippen molar-refractivity contribution >= 4 is 11.9 Å². The molecule has 2 N–H and O–H groups in total. The molecule has 86 valence electrons. The molecule has 0 saturated heterocycles. The van der Waals surface area contributed by atoms with Crippen LogP contribution in [-0.2, 0) is 9.59 Å². The number of halogens is 1. The van der Waals surface area contributed by atoms with E-state index in [1.807, 2.05) is 0 Å². The van der Waals surface area contributed by atoms with Gasteiger partial charge in [-0.25, -0.2) is 4.39 Å². The Morgan fingerprint density at radius 1 is 1.38 bits per heavy atom. The van der Waals surface area contributed by atoms with E-state index in [0.29, 0.717) is 11.1 Å². The van der Waals surface area contributed by atoms with E-state index < -0.39 is 30.1 Å². The summed E-state index contributed by atoms with van der Waals surface area (Å²) in [5.74, 6) is -4.04. The second kappa shape index (κ2) is 4.74. The number of aryl methyl sites for hydroxylation is 1. The predicted octanol–water partition coefficient (Wildman–Crippen LogP) is 1.78. The zero-order valence-electron chi connectivity index (χ0n) is 8.61. The van der Waals surface area contributed by atoms with Crippen LogP contribution in [0.5, 0.6) is 0 Å². The number of carboxylic acid groups (broad SMARTS) is 2. The Hall–Kier alpha value is -1.91. The largest absolute Gasteiger partial charge is 0.481 e. The van der Waals surface area contributed by atoms with Crippen LogP contribution in [0.2, 0.25) is 0 Å². The van der Waals surface area contributed by atoms with Crippen molar-refractivity contribution in [1.82, 2.24) is 0 Å². The van der Waals surface area contributed by atoms with Crippen LogP contribution in [0.4, 0.5) is 4.39 Å². The van der Waals surface area contributed by atoms with Gasteiger partial charge in [0.05, 0.1) is 12.3 Å². The highest BCUT2D eigenvalue weighted by molar-refractivity contribution is 5.82. The minimum Gasteiger partial charge on any atom is -0.481 e. The summed E-state index contributed by atoms with van der Waals surface area (Å²) in [7, 11) is 0. The molecule has 0 fully saturated rings. The quantitative estimate of drug-likeness (QED) is 0.820. The Kier molecular flexibility index (Phi) is 3.60. The molecular formula is C11H11FO4. The summed E-state index contributed by atoms with van der Waals surface area (Å²) < 4.78 is 12.8. The fraction of sp³-hybridized carbons (Fsp3) is 0.273. The topological polar surface area (TPSA) is 74.6 Å². The van der Waals surface area contributed by atoms with Gasteiger partial charge in [-0.15, -0.1) is 0 Å². The second-order valence-corrected chi connectivity index (χ2v) is 3.49. The zero-order valence-corrected chi connectivity index (χ0v) is 8.61. The summed E-state index contributed by atoms with van der Waals surface area (Å²) in [6, 6.07) is 3.62. The summed E-state index contributed by atoms with van der Waals surface area (Å²) >= 11 is 0. The van der Waals surface area contributed by atoms with Crippen molar-refractivity contribution in [3.63, 3.8) is 0 Å². The summed E-state index contributed by atoms with van der Waals surface area (Å²) in [5.41, 5.74) is 0.768. The van der Waals surface area contributed by atoms with E-state index in [1.54, 1.807) is 6.92 Å². The number of rotatable bonds is 4. The van der Waals surface area contributed by atoms with Crippen LogP contribution < -0.4 is 0 Å². The third kappa shape index (κ3) is 2.79. The summed E-state index contributed by atoms with van der Waals surface area (Å²) in [5, 5.41) is 17.5. The molecule has 1 atom stereocenters. The van der Waals surface area contributed by atoms with Gasteiger partial charge in [-0.3, -0.25) is 9.59 Å². The van der Waals surface area contributed by atoms with Gasteiger partial charge >= 0.3 is 11.9 Å². The Morgan fingerprint density at radius 2 is 2.00 bits per heavy atom. The highest BCUT2D eigenvalue weighted by Gasteiger charge is 2.24. The molecule has 1 aromatic rings. The van der Waals surface area contributed by atoms with Crippen molar-refractivity contribution in [2.45, 2.75) is 19.3 Å². The molecule has 1 unspecified atom stereocenters. The molecule has 0 spiro atoms. The number of carboxylic acids is 2. The first-order valence-corrected chi connectivity index (χ1v) is 4.62. The van der Waals surface area contributed by atoms with Crippen molar-refractivity contribution in [3.05, 3.63) is 35.1 Å². The third-order valence-electron chi connectivity index (χ3n) is 2.28. The van der Waals surface area contributed by atoms with E-state index in [-0.39, 0.29) is 0 Å². The first kappa shape index (κ1) is 12.2. The van der Waals surface area contributed by atoms with Gasteiger partial charge in [0.1, 0.15) is 5.82 Å². The van der Waals surface area contributed by atoms with E-state index >= 15 is 0 Å². The average molecular weight is 226 g/mol. The fourth-order valence-electron chi connectivity index (χ4n) is 1.54. The van der Waals surface area contributed by atoms with Crippen LogP contribution in [0.3, 0.4) is 0 Å². The summed E-state index contributed by atoms with van der Waals surface area (Å²) in [6.07, 6.45) is -0.512. The van der Waals surface area contributed by atoms with E-state index in [4.69, 9.17) is 10.2 Å². The highest BCUT2D eigenvalue weighted by Crippen LogP contribution is 2.24. The first-order valence-electron chi connectivity index (χ1n) is 4.62. The smallest absolute Gasteiger partial charge is 0.311 e. The van der Waals surface area contributed by atoms with Gasteiger partial charge in [-0.2, -0.15) is 0 Å². The number of aliphatic carboxylic acids is 2. The van der Waals surface area contributed by atoms with Crippen LogP contribution in [-0.4, -0.2) is 22.2 Å². The average Bonchev–Trinajstić information content (AvgIpc) is 2.14. The van der Waals surface area contributed by atoms with Crippen LogP contribution in [0.25, 0.3) is 0 Å². The third-order valence-corrected chi connectivity index (χ3v) is 2.28. The van der Waals surface area contributed by atoms with Crippen molar-refractivity contribution in [2.24, 2.45) is 0 Å². The fourth-order valence-corrected chi connectivity index (χ4v) is 1.54. The predicted molar refractivity (Wildman–Crippen MR) is 53.8 cm³/mol. The van der Waals surface area contributed by atoms with Crippen LogP contribution >= 0.6 is 0 Å². The maximum absolute atomic E-state index is 12.8. The van der Waals surface area contributed by atoms with Crippen molar-refractivity contribution in [2.75, 3.05) is 0 Å². The molecule has 0 saturated carbocycles. The lowest BCUT2D eigenvalue weighted by Crippen LogP contribution is -2.17. The molecule has 0 aliphatic heterocycles. The number of benzene rings is 1. The monoisotopic (exact) mass is 226 g/mol. The number of carbonyl (C=O) groups is 2. The van der Waals surface area contributed by atoms with Crippen molar-refractivity contribution in [1.29, 1.82) is 0 Å².